The zero-order valence-electron chi connectivity index (χ0n) is 24.1. The number of fused-ring (bicyclic) bond motifs is 2. The average molecular weight is 547 g/mol. The lowest BCUT2D eigenvalue weighted by Gasteiger charge is -2.11. The second kappa shape index (κ2) is 12.2. The van der Waals surface area contributed by atoms with E-state index in [-0.39, 0.29) is 23.1 Å². The van der Waals surface area contributed by atoms with Crippen molar-refractivity contribution in [1.82, 2.24) is 28.5 Å². The Bertz CT molecular complexity index is 1690. The van der Waals surface area contributed by atoms with E-state index >= 15 is 0 Å². The Hall–Kier alpha value is -4.34. The van der Waals surface area contributed by atoms with Gasteiger partial charge in [-0.25, -0.2) is 4.79 Å². The van der Waals surface area contributed by atoms with Gasteiger partial charge in [0.2, 0.25) is 0 Å². The number of H-pyrrole nitrogens is 1. The fraction of sp³-hybridized carbons (Fsp3) is 0.400. The van der Waals surface area contributed by atoms with Crippen molar-refractivity contribution in [2.45, 2.75) is 53.1 Å². The second-order valence-corrected chi connectivity index (χ2v) is 10.4. The molecule has 4 aromatic rings. The topological polar surface area (TPSA) is 109 Å². The maximum atomic E-state index is 13.5. The number of allylic oxidation sites excluding steroid dienone is 4. The summed E-state index contributed by atoms with van der Waals surface area (Å²) in [6.07, 6.45) is 15.3. The number of hydrogen-bond acceptors (Lipinski definition) is 5. The van der Waals surface area contributed by atoms with Crippen molar-refractivity contribution in [2.24, 2.45) is 20.0 Å². The molecule has 4 heterocycles. The number of aromatic amines is 1. The van der Waals surface area contributed by atoms with Crippen molar-refractivity contribution in [1.29, 1.82) is 0 Å². The molecule has 4 aromatic heterocycles. The molecule has 1 aliphatic carbocycles. The molecule has 0 atom stereocenters. The molecule has 0 amide bonds. The number of rotatable bonds is 5. The molecule has 1 N–H and O–H groups in total. The molecule has 10 nitrogen and oxygen atoms in total. The van der Waals surface area contributed by atoms with E-state index in [1.807, 2.05) is 34.6 Å². The number of nitrogens with one attached hydrogen (secondary N) is 1. The molecule has 0 saturated carbocycles. The number of ether oxygens (including phenoxy) is 1. The molecule has 0 radical (unpaired) electrons. The van der Waals surface area contributed by atoms with Gasteiger partial charge in [0.1, 0.15) is 11.1 Å². The van der Waals surface area contributed by atoms with E-state index in [9.17, 15) is 14.4 Å². The van der Waals surface area contributed by atoms with Gasteiger partial charge in [0.15, 0.2) is 5.65 Å². The summed E-state index contributed by atoms with van der Waals surface area (Å²) < 4.78 is 10.9. The predicted molar refractivity (Wildman–Crippen MR) is 156 cm³/mol. The van der Waals surface area contributed by atoms with Gasteiger partial charge in [-0.15, -0.1) is 0 Å². The summed E-state index contributed by atoms with van der Waals surface area (Å²) in [4.78, 5) is 39.6. The number of carbonyl (C=O) groups is 1. The van der Waals surface area contributed by atoms with Crippen LogP contribution in [0.2, 0.25) is 0 Å². The van der Waals surface area contributed by atoms with Gasteiger partial charge in [0, 0.05) is 52.1 Å². The Kier molecular flexibility index (Phi) is 8.77. The van der Waals surface area contributed by atoms with E-state index in [0.717, 1.165) is 36.2 Å². The highest BCUT2D eigenvalue weighted by atomic mass is 16.5. The minimum atomic E-state index is -0.333. The molecule has 0 spiro atoms. The Balaban J connectivity index is 0.000000681. The van der Waals surface area contributed by atoms with Crippen molar-refractivity contribution in [3.8, 4) is 11.4 Å². The number of aryl methyl sites for hydroxylation is 1. The monoisotopic (exact) mass is 546 g/mol. The first kappa shape index (κ1) is 28.7. The van der Waals surface area contributed by atoms with Gasteiger partial charge < -0.3 is 14.3 Å². The van der Waals surface area contributed by atoms with E-state index in [1.165, 1.54) is 29.9 Å². The predicted octanol–water partition coefficient (Wildman–Crippen LogP) is 3.72. The Labute approximate surface area is 233 Å². The summed E-state index contributed by atoms with van der Waals surface area (Å²) in [5.74, 6) is -0.0172. The Morgan fingerprint density at radius 3 is 2.55 bits per heavy atom. The number of carbonyl (C=O) groups excluding carboxylic acids is 1. The van der Waals surface area contributed by atoms with Crippen LogP contribution in [0, 0.1) is 5.92 Å². The Morgan fingerprint density at radius 2 is 1.90 bits per heavy atom. The van der Waals surface area contributed by atoms with E-state index in [2.05, 4.69) is 54.1 Å². The molecule has 1 aliphatic rings. The van der Waals surface area contributed by atoms with Gasteiger partial charge in [-0.2, -0.15) is 5.10 Å². The molecule has 0 aromatic carbocycles. The van der Waals surface area contributed by atoms with Gasteiger partial charge >= 0.3 is 11.7 Å². The van der Waals surface area contributed by atoms with Crippen LogP contribution in [0.1, 0.15) is 44.0 Å². The molecule has 40 heavy (non-hydrogen) atoms. The maximum absolute atomic E-state index is 13.5. The van der Waals surface area contributed by atoms with Crippen molar-refractivity contribution in [3.05, 3.63) is 86.5 Å². The summed E-state index contributed by atoms with van der Waals surface area (Å²) in [5.41, 5.74) is 5.09. The smallest absolute Gasteiger partial charge is 0.332 e. The van der Waals surface area contributed by atoms with Crippen LogP contribution >= 0.6 is 0 Å². The van der Waals surface area contributed by atoms with Gasteiger partial charge in [-0.3, -0.25) is 23.4 Å². The summed E-state index contributed by atoms with van der Waals surface area (Å²) in [5, 5.41) is 5.40. The normalized spacial score (nSPS) is 13.8. The summed E-state index contributed by atoms with van der Waals surface area (Å²) in [7, 11) is 4.86. The second-order valence-electron chi connectivity index (χ2n) is 10.4. The minimum Gasteiger partial charge on any atom is -0.469 e. The van der Waals surface area contributed by atoms with Crippen molar-refractivity contribution in [2.75, 3.05) is 7.11 Å². The fourth-order valence-corrected chi connectivity index (χ4v) is 4.98. The van der Waals surface area contributed by atoms with Crippen LogP contribution < -0.4 is 11.2 Å². The third-order valence-corrected chi connectivity index (χ3v) is 7.01. The van der Waals surface area contributed by atoms with Gasteiger partial charge in [0.05, 0.1) is 19.3 Å². The number of esters is 1. The largest absolute Gasteiger partial charge is 0.469 e. The molecular formula is C30H38N6O4. The first-order valence-corrected chi connectivity index (χ1v) is 13.5. The standard InChI is InChI=1S/C27H32N6O2.C3H6O2/c1-18(2)16-32-25-23(26(34)31(4)27(32)35)24(22-13-10-14-30(22)3)33(29-25)17-19-15-28-21-12-9-7-5-6-8-11-20(19)21;1-3(4)5-2/h5-7,9-10,13-15,18,28H,8,11-12,16-17H2,1-4H3;1-2H3/b6-5-,9-7?;. The van der Waals surface area contributed by atoms with Crippen molar-refractivity contribution in [3.63, 3.8) is 0 Å². The zero-order chi connectivity index (χ0) is 29.0. The van der Waals surface area contributed by atoms with Crippen molar-refractivity contribution >= 4 is 17.0 Å². The van der Waals surface area contributed by atoms with Crippen LogP contribution in [0.3, 0.4) is 0 Å². The quantitative estimate of drug-likeness (QED) is 0.384. The van der Waals surface area contributed by atoms with E-state index in [0.29, 0.717) is 24.1 Å². The fourth-order valence-electron chi connectivity index (χ4n) is 4.98. The molecule has 0 saturated heterocycles. The van der Waals surface area contributed by atoms with Gasteiger partial charge in [-0.1, -0.05) is 38.2 Å². The minimum absolute atomic E-state index is 0.228. The third-order valence-electron chi connectivity index (χ3n) is 7.01. The highest BCUT2D eigenvalue weighted by Gasteiger charge is 2.24. The summed E-state index contributed by atoms with van der Waals surface area (Å²) in [6, 6.07) is 3.95. The van der Waals surface area contributed by atoms with Crippen LogP contribution in [-0.2, 0) is 49.6 Å². The highest BCUT2D eigenvalue weighted by molar-refractivity contribution is 5.90. The SMILES string of the molecule is CC(C)Cn1c(=O)n(C)c(=O)c2c(-c3cccn3C)n(Cc3c[nH]c4c3CC/C=C\C=CC4)nc21.COC(C)=O. The number of aromatic nitrogens is 6. The van der Waals surface area contributed by atoms with Crippen LogP contribution in [0.25, 0.3) is 22.4 Å². The Morgan fingerprint density at radius 1 is 1.18 bits per heavy atom. The molecule has 0 bridgehead atoms. The van der Waals surface area contributed by atoms with E-state index in [4.69, 9.17) is 5.10 Å². The number of hydrogen-bond donors (Lipinski definition) is 1. The van der Waals surface area contributed by atoms with Crippen LogP contribution in [-0.4, -0.2) is 41.5 Å². The molecule has 0 aliphatic heterocycles. The lowest BCUT2D eigenvalue weighted by molar-refractivity contribution is -0.137. The number of methoxy groups -OCH3 is 1. The zero-order valence-corrected chi connectivity index (χ0v) is 24.1. The van der Waals surface area contributed by atoms with Crippen molar-refractivity contribution < 1.29 is 9.53 Å². The van der Waals surface area contributed by atoms with E-state index < -0.39 is 0 Å². The average Bonchev–Trinajstić information content (AvgIpc) is 3.63. The van der Waals surface area contributed by atoms with E-state index in [1.54, 1.807) is 11.6 Å². The molecule has 212 valence electrons. The molecule has 5 rings (SSSR count). The highest BCUT2D eigenvalue weighted by Crippen LogP contribution is 2.29. The first-order chi connectivity index (χ1) is 19.1. The molecule has 10 heteroatoms. The number of nitrogens with zero attached hydrogens (tertiary/aromatic N) is 5. The van der Waals surface area contributed by atoms with Crippen LogP contribution in [0.15, 0.2) is 58.4 Å². The molecular weight excluding hydrogens is 508 g/mol. The summed E-state index contributed by atoms with van der Waals surface area (Å²) in [6.45, 7) is 6.47. The molecule has 0 unspecified atom stereocenters. The summed E-state index contributed by atoms with van der Waals surface area (Å²) >= 11 is 0. The lowest BCUT2D eigenvalue weighted by Crippen LogP contribution is -2.38. The van der Waals surface area contributed by atoms with Gasteiger partial charge in [0.25, 0.3) is 5.56 Å². The molecule has 0 fully saturated rings. The van der Waals surface area contributed by atoms with Crippen LogP contribution in [0.5, 0.6) is 0 Å². The lowest BCUT2D eigenvalue weighted by atomic mass is 10.0. The first-order valence-electron chi connectivity index (χ1n) is 13.5. The maximum Gasteiger partial charge on any atom is 0.332 e. The van der Waals surface area contributed by atoms with Crippen LogP contribution in [0.4, 0.5) is 0 Å². The third kappa shape index (κ3) is 5.80. The van der Waals surface area contributed by atoms with Gasteiger partial charge in [-0.05, 0) is 42.0 Å².